The number of oxime groups is 1. The number of carboxylic acids is 1. The third-order valence-electron chi connectivity index (χ3n) is 4.92. The number of hydrogen-bond acceptors (Lipinski definition) is 13. The fourth-order valence-electron chi connectivity index (χ4n) is 3.29. The first-order chi connectivity index (χ1) is 15.8. The maximum atomic E-state index is 12.9. The van der Waals surface area contributed by atoms with Gasteiger partial charge in [-0.05, 0) is 15.9 Å². The topological polar surface area (TPSA) is 173 Å². The summed E-state index contributed by atoms with van der Waals surface area (Å²) in [5.74, 6) is -1.46. The summed E-state index contributed by atoms with van der Waals surface area (Å²) in [6, 6.07) is -0.818. The summed E-state index contributed by atoms with van der Waals surface area (Å²) in [6.45, 7) is 0.0458. The van der Waals surface area contributed by atoms with Gasteiger partial charge >= 0.3 is 5.97 Å². The number of nitrogens with zero attached hydrogens (tertiary/aromatic N) is 5. The second-order valence-corrected chi connectivity index (χ2v) is 12.5. The van der Waals surface area contributed by atoms with Gasteiger partial charge in [-0.15, -0.1) is 34.4 Å². The van der Waals surface area contributed by atoms with Crippen LogP contribution < -0.4 is 11.1 Å². The minimum absolute atomic E-state index is 0. The fraction of sp³-hybridized carbons (Fsp3) is 0.438. The molecule has 0 saturated carbocycles. The molecule has 4 N–H and O–H groups in total. The number of fused-ring (bicyclic) bond motifs is 1. The second kappa shape index (κ2) is 10.9. The Balaban J connectivity index is 0.00000324. The van der Waals surface area contributed by atoms with Gasteiger partial charge in [-0.1, -0.05) is 39.6 Å². The van der Waals surface area contributed by atoms with Crippen molar-refractivity contribution < 1.29 is 24.3 Å². The Morgan fingerprint density at radius 1 is 1.53 bits per heavy atom. The minimum atomic E-state index is -1.13. The number of hydrogen-bond donors (Lipinski definition) is 3. The highest BCUT2D eigenvalue weighted by Gasteiger charge is 2.57. The number of carbonyl (C=O) groups is 3. The molecular formula is C16H17BrClN7O5S4. The van der Waals surface area contributed by atoms with Crippen molar-refractivity contribution in [3.63, 3.8) is 0 Å². The standard InChI is InChI=1S/C16H16BrN7O5S4.ClH/c1-29-23-7(6-9(17)33-14(18)21-6)10(25)20-8-11(26)24-2-16(13(27)28,3-30-12(8)24)4-31-15-22-19-5-32-15;/h5,8,12H,2-4H2,1H3,(H2,18,21)(H,20,25)(H,27,28);1H/t8?,12-,16?;/m1./s1. The molecule has 4 rings (SSSR count). The number of aliphatic carboxylic acids is 1. The van der Waals surface area contributed by atoms with Gasteiger partial charge in [-0.3, -0.25) is 14.4 Å². The quantitative estimate of drug-likeness (QED) is 0.166. The molecule has 12 nitrogen and oxygen atoms in total. The second-order valence-electron chi connectivity index (χ2n) is 6.99. The first-order valence-corrected chi connectivity index (χ1v) is 13.7. The highest BCUT2D eigenvalue weighted by molar-refractivity contribution is 9.11. The maximum Gasteiger partial charge on any atom is 0.313 e. The lowest BCUT2D eigenvalue weighted by Gasteiger charge is -2.53. The van der Waals surface area contributed by atoms with Gasteiger partial charge in [0.15, 0.2) is 15.2 Å². The van der Waals surface area contributed by atoms with Crippen LogP contribution in [0.15, 0.2) is 18.8 Å². The number of carbonyl (C=O) groups excluding carboxylic acids is 2. The molecular weight excluding hydrogens is 614 g/mol. The van der Waals surface area contributed by atoms with E-state index < -0.39 is 23.3 Å². The van der Waals surface area contributed by atoms with Crippen LogP contribution in [0, 0.1) is 5.41 Å². The summed E-state index contributed by atoms with van der Waals surface area (Å²) < 4.78 is 1.17. The summed E-state index contributed by atoms with van der Waals surface area (Å²) in [4.78, 5) is 48.2. The number of carboxylic acid groups (broad SMARTS) is 1. The summed E-state index contributed by atoms with van der Waals surface area (Å²) in [5, 5.41) is 23.9. The highest BCUT2D eigenvalue weighted by Crippen LogP contribution is 2.44. The number of amides is 2. The number of nitrogen functional groups attached to an aromatic ring is 1. The zero-order chi connectivity index (χ0) is 23.8. The van der Waals surface area contributed by atoms with E-state index in [4.69, 9.17) is 10.6 Å². The van der Waals surface area contributed by atoms with E-state index in [0.717, 1.165) is 11.3 Å². The normalized spacial score (nSPS) is 24.0. The van der Waals surface area contributed by atoms with Crippen LogP contribution in [0.4, 0.5) is 5.13 Å². The van der Waals surface area contributed by atoms with E-state index in [1.165, 1.54) is 46.9 Å². The Morgan fingerprint density at radius 3 is 2.88 bits per heavy atom. The number of aromatic nitrogens is 3. The van der Waals surface area contributed by atoms with E-state index in [1.54, 1.807) is 5.51 Å². The molecule has 18 heteroatoms. The first kappa shape index (κ1) is 26.9. The molecule has 2 amide bonds. The number of rotatable bonds is 8. The Hall–Kier alpha value is -1.66. The Kier molecular flexibility index (Phi) is 8.67. The monoisotopic (exact) mass is 629 g/mol. The van der Waals surface area contributed by atoms with Crippen molar-refractivity contribution in [1.82, 2.24) is 25.4 Å². The van der Waals surface area contributed by atoms with Crippen molar-refractivity contribution in [3.8, 4) is 0 Å². The van der Waals surface area contributed by atoms with Crippen LogP contribution >= 0.6 is 74.5 Å². The molecule has 0 radical (unpaired) electrons. The molecule has 2 saturated heterocycles. The Morgan fingerprint density at radius 2 is 2.29 bits per heavy atom. The van der Waals surface area contributed by atoms with Crippen LogP contribution in [0.3, 0.4) is 0 Å². The molecule has 2 aromatic heterocycles. The summed E-state index contributed by atoms with van der Waals surface area (Å²) in [5.41, 5.74) is 6.22. The summed E-state index contributed by atoms with van der Waals surface area (Å²) in [6.07, 6.45) is 0. The molecule has 2 unspecified atom stereocenters. The average molecular weight is 631 g/mol. The average Bonchev–Trinajstić information content (AvgIpc) is 3.42. The van der Waals surface area contributed by atoms with Gasteiger partial charge < -0.3 is 25.9 Å². The van der Waals surface area contributed by atoms with Gasteiger partial charge in [0.1, 0.15) is 38.9 Å². The van der Waals surface area contributed by atoms with Crippen molar-refractivity contribution >= 4 is 103 Å². The number of halogens is 2. The smallest absolute Gasteiger partial charge is 0.313 e. The largest absolute Gasteiger partial charge is 0.481 e. The van der Waals surface area contributed by atoms with Gasteiger partial charge in [-0.2, -0.15) is 0 Å². The number of nitrogens with one attached hydrogen (secondary N) is 1. The molecule has 184 valence electrons. The Bertz CT molecular complexity index is 1120. The summed E-state index contributed by atoms with van der Waals surface area (Å²) >= 11 is 8.37. The van der Waals surface area contributed by atoms with Crippen LogP contribution in [0.5, 0.6) is 0 Å². The van der Waals surface area contributed by atoms with Crippen LogP contribution in [0.2, 0.25) is 0 Å². The maximum absolute atomic E-state index is 12.9. The van der Waals surface area contributed by atoms with Crippen molar-refractivity contribution in [2.75, 3.05) is 30.9 Å². The molecule has 3 atom stereocenters. The SMILES string of the molecule is CON=C(C(=O)NC1C(=O)N2CC(CSc3nncs3)(C(=O)O)CS[C@H]12)c1nc(N)sc1Br.Cl. The van der Waals surface area contributed by atoms with Gasteiger partial charge in [-0.25, -0.2) is 4.98 Å². The summed E-state index contributed by atoms with van der Waals surface area (Å²) in [7, 11) is 1.29. The minimum Gasteiger partial charge on any atom is -0.481 e. The predicted molar refractivity (Wildman–Crippen MR) is 136 cm³/mol. The van der Waals surface area contributed by atoms with E-state index in [-0.39, 0.29) is 58.3 Å². The molecule has 2 aliphatic rings. The lowest BCUT2D eigenvalue weighted by molar-refractivity contribution is -0.157. The van der Waals surface area contributed by atoms with Crippen LogP contribution in [-0.2, 0) is 19.2 Å². The van der Waals surface area contributed by atoms with Gasteiger partial charge in [0.05, 0.1) is 0 Å². The molecule has 0 aromatic carbocycles. The van der Waals surface area contributed by atoms with E-state index in [1.807, 2.05) is 0 Å². The number of nitrogens with two attached hydrogens (primary N) is 1. The van der Waals surface area contributed by atoms with Crippen LogP contribution in [-0.4, -0.2) is 85.3 Å². The number of anilines is 1. The number of β-lactam (4-membered cyclic amide) rings is 1. The van der Waals surface area contributed by atoms with Crippen LogP contribution in [0.1, 0.15) is 5.69 Å². The third-order valence-corrected chi connectivity index (χ3v) is 10.2. The van der Waals surface area contributed by atoms with E-state index in [2.05, 4.69) is 41.6 Å². The van der Waals surface area contributed by atoms with E-state index in [0.29, 0.717) is 8.13 Å². The predicted octanol–water partition coefficient (Wildman–Crippen LogP) is 1.37. The molecule has 34 heavy (non-hydrogen) atoms. The van der Waals surface area contributed by atoms with Crippen molar-refractivity contribution in [3.05, 3.63) is 15.0 Å². The van der Waals surface area contributed by atoms with Gasteiger partial charge in [0.2, 0.25) is 5.91 Å². The molecule has 0 spiro atoms. The van der Waals surface area contributed by atoms with Crippen molar-refractivity contribution in [1.29, 1.82) is 0 Å². The fourth-order valence-corrected chi connectivity index (χ4v) is 7.97. The first-order valence-electron chi connectivity index (χ1n) is 9.14. The van der Waals surface area contributed by atoms with E-state index >= 15 is 0 Å². The van der Waals surface area contributed by atoms with Gasteiger partial charge in [0.25, 0.3) is 5.91 Å². The molecule has 2 aliphatic heterocycles. The zero-order valence-corrected chi connectivity index (χ0v) is 22.8. The number of thioether (sulfide) groups is 2. The molecule has 4 heterocycles. The zero-order valence-electron chi connectivity index (χ0n) is 17.2. The Labute approximate surface area is 224 Å². The van der Waals surface area contributed by atoms with Crippen LogP contribution in [0.25, 0.3) is 0 Å². The molecule has 0 bridgehead atoms. The van der Waals surface area contributed by atoms with Crippen molar-refractivity contribution in [2.45, 2.75) is 15.8 Å². The lowest BCUT2D eigenvalue weighted by atomic mass is 9.89. The third kappa shape index (κ3) is 5.13. The molecule has 0 aliphatic carbocycles. The number of thiazole rings is 1. The highest BCUT2D eigenvalue weighted by atomic mass is 79.9. The van der Waals surface area contributed by atoms with Gasteiger partial charge in [0, 0.05) is 18.1 Å². The van der Waals surface area contributed by atoms with Crippen molar-refractivity contribution in [2.24, 2.45) is 10.6 Å². The lowest BCUT2D eigenvalue weighted by Crippen LogP contribution is -2.74. The van der Waals surface area contributed by atoms with E-state index in [9.17, 15) is 19.5 Å². The molecule has 2 fully saturated rings. The molecule has 2 aromatic rings.